The lowest BCUT2D eigenvalue weighted by Crippen LogP contribution is -2.41. The van der Waals surface area contributed by atoms with E-state index < -0.39 is 22.0 Å². The van der Waals surface area contributed by atoms with Gasteiger partial charge in [0.2, 0.25) is 0 Å². The number of hydrazine groups is 1. The first kappa shape index (κ1) is 23.0. The van der Waals surface area contributed by atoms with Gasteiger partial charge in [-0.15, -0.1) is 11.3 Å². The molecule has 0 unspecified atom stereocenters. The van der Waals surface area contributed by atoms with Crippen LogP contribution in [0.3, 0.4) is 0 Å². The number of amides is 2. The smallest absolute Gasteiger partial charge is 0.296 e. The van der Waals surface area contributed by atoms with Crippen LogP contribution < -0.4 is 15.6 Å². The van der Waals surface area contributed by atoms with Crippen LogP contribution in [-0.4, -0.2) is 26.1 Å². The molecule has 0 aliphatic rings. The summed E-state index contributed by atoms with van der Waals surface area (Å²) in [5.74, 6) is -0.747. The normalized spacial score (nSPS) is 11.5. The number of para-hydroxylation sites is 1. The molecule has 9 nitrogen and oxygen atoms in total. The second-order valence-electron chi connectivity index (χ2n) is 6.58. The predicted octanol–water partition coefficient (Wildman–Crippen LogP) is 3.65. The molecule has 0 atom stereocenters. The average Bonchev–Trinajstić information content (AvgIpc) is 3.31. The second-order valence-corrected chi connectivity index (χ2v) is 9.21. The monoisotopic (exact) mass is 472 g/mol. The molecule has 0 saturated heterocycles. The molecular weight excluding hydrogens is 452 g/mol. The minimum Gasteiger partial charge on any atom is -0.296 e. The zero-order valence-corrected chi connectivity index (χ0v) is 18.8. The largest absolute Gasteiger partial charge is 0.452 e. The minimum atomic E-state index is -3.92. The summed E-state index contributed by atoms with van der Waals surface area (Å²) < 4.78 is 27.7. The lowest BCUT2D eigenvalue weighted by atomic mass is 10.2. The Labute approximate surface area is 189 Å². The number of oxime groups is 1. The van der Waals surface area contributed by atoms with Crippen molar-refractivity contribution in [3.63, 3.8) is 0 Å². The molecule has 0 aliphatic heterocycles. The van der Waals surface area contributed by atoms with Crippen LogP contribution in [0.1, 0.15) is 27.7 Å². The molecule has 1 aromatic heterocycles. The fourth-order valence-corrected chi connectivity index (χ4v) is 4.28. The molecule has 32 heavy (non-hydrogen) atoms. The second kappa shape index (κ2) is 10.1. The lowest BCUT2D eigenvalue weighted by Gasteiger charge is -2.13. The van der Waals surface area contributed by atoms with Gasteiger partial charge in [-0.1, -0.05) is 41.1 Å². The van der Waals surface area contributed by atoms with Crippen LogP contribution >= 0.6 is 11.3 Å². The van der Waals surface area contributed by atoms with Gasteiger partial charge in [-0.2, -0.15) is 0 Å². The number of aryl methyl sites for hydroxylation is 1. The predicted molar refractivity (Wildman–Crippen MR) is 122 cm³/mol. The molecule has 0 fully saturated rings. The Bertz CT molecular complexity index is 1240. The van der Waals surface area contributed by atoms with Crippen molar-refractivity contribution in [2.75, 3.05) is 4.72 Å². The first-order valence-electron chi connectivity index (χ1n) is 9.30. The van der Waals surface area contributed by atoms with Gasteiger partial charge in [-0.25, -0.2) is 18.6 Å². The molecule has 3 aromatic rings. The van der Waals surface area contributed by atoms with Crippen LogP contribution in [0.5, 0.6) is 0 Å². The maximum absolute atomic E-state index is 12.7. The van der Waals surface area contributed by atoms with E-state index in [0.29, 0.717) is 5.71 Å². The summed E-state index contributed by atoms with van der Waals surface area (Å²) in [6, 6.07) is 15.9. The summed E-state index contributed by atoms with van der Waals surface area (Å²) in [6.45, 7) is 3.52. The summed E-state index contributed by atoms with van der Waals surface area (Å²) in [5, 5.41) is 5.56. The van der Waals surface area contributed by atoms with Gasteiger partial charge in [-0.3, -0.25) is 19.8 Å². The zero-order chi connectivity index (χ0) is 23.1. The quantitative estimate of drug-likeness (QED) is 0.287. The van der Waals surface area contributed by atoms with Crippen molar-refractivity contribution < 1.29 is 22.8 Å². The van der Waals surface area contributed by atoms with Crippen LogP contribution in [0.4, 0.5) is 10.5 Å². The van der Waals surface area contributed by atoms with Crippen LogP contribution in [0.15, 0.2) is 76.1 Å². The Morgan fingerprint density at radius 1 is 0.969 bits per heavy atom. The molecule has 0 radical (unpaired) electrons. The Kier molecular flexibility index (Phi) is 7.23. The van der Waals surface area contributed by atoms with Crippen LogP contribution in [0.25, 0.3) is 0 Å². The van der Waals surface area contributed by atoms with Gasteiger partial charge < -0.3 is 0 Å². The zero-order valence-electron chi connectivity index (χ0n) is 17.2. The summed E-state index contributed by atoms with van der Waals surface area (Å²) in [7, 11) is -3.92. The van der Waals surface area contributed by atoms with E-state index in [1.807, 2.05) is 24.4 Å². The van der Waals surface area contributed by atoms with Gasteiger partial charge in [0.1, 0.15) is 0 Å². The Morgan fingerprint density at radius 3 is 2.38 bits per heavy atom. The van der Waals surface area contributed by atoms with Crippen molar-refractivity contribution in [1.82, 2.24) is 10.9 Å². The number of sulfonamides is 1. The van der Waals surface area contributed by atoms with Crippen molar-refractivity contribution in [3.8, 4) is 0 Å². The topological polar surface area (TPSA) is 126 Å². The maximum atomic E-state index is 12.7. The summed E-state index contributed by atoms with van der Waals surface area (Å²) in [5.41, 5.74) is 5.69. The van der Waals surface area contributed by atoms with Crippen molar-refractivity contribution in [2.24, 2.45) is 5.16 Å². The minimum absolute atomic E-state index is 0.00162. The summed E-state index contributed by atoms with van der Waals surface area (Å²) in [4.78, 5) is 29.9. The Hall–Kier alpha value is -3.70. The van der Waals surface area contributed by atoms with Crippen molar-refractivity contribution in [3.05, 3.63) is 82.0 Å². The molecular formula is C21H20N4O5S2. The Balaban J connectivity index is 1.64. The molecule has 11 heteroatoms. The highest BCUT2D eigenvalue weighted by atomic mass is 32.2. The van der Waals surface area contributed by atoms with E-state index in [4.69, 9.17) is 4.84 Å². The first-order chi connectivity index (χ1) is 15.3. The number of nitrogens with zero attached hydrogens (tertiary/aromatic N) is 1. The molecule has 0 aliphatic carbocycles. The standard InChI is InChI=1S/C21H20N4O5S2/c1-14-9-11-16(12-10-14)32(28,29)25-18-7-4-3-6-17(18)20(26)22-23-21(27)30-24-15(2)19-8-5-13-31-19/h3-13,25H,1-2H3,(H,22,26)(H,23,27)/b24-15-. The summed E-state index contributed by atoms with van der Waals surface area (Å²) in [6.07, 6.45) is -1.01. The highest BCUT2D eigenvalue weighted by molar-refractivity contribution is 7.92. The van der Waals surface area contributed by atoms with Gasteiger partial charge >= 0.3 is 6.09 Å². The van der Waals surface area contributed by atoms with E-state index in [1.165, 1.54) is 35.6 Å². The highest BCUT2D eigenvalue weighted by Crippen LogP contribution is 2.20. The van der Waals surface area contributed by atoms with E-state index in [9.17, 15) is 18.0 Å². The SMILES string of the molecule is C/C(=N/OC(=O)NNC(=O)c1ccccc1NS(=O)(=O)c1ccc(C)cc1)c1cccs1. The number of hydrogen-bond acceptors (Lipinski definition) is 7. The molecule has 3 N–H and O–H groups in total. The van der Waals surface area contributed by atoms with Gasteiger partial charge in [0.25, 0.3) is 15.9 Å². The van der Waals surface area contributed by atoms with Crippen molar-refractivity contribution in [1.29, 1.82) is 0 Å². The molecule has 166 valence electrons. The number of nitrogens with one attached hydrogen (secondary N) is 3. The molecule has 0 saturated carbocycles. The maximum Gasteiger partial charge on any atom is 0.452 e. The van der Waals surface area contributed by atoms with Crippen molar-refractivity contribution >= 4 is 44.8 Å². The third kappa shape index (κ3) is 5.93. The fraction of sp³-hybridized carbons (Fsp3) is 0.0952. The lowest BCUT2D eigenvalue weighted by molar-refractivity contribution is 0.0913. The number of carbonyl (C=O) groups is 2. The fourth-order valence-electron chi connectivity index (χ4n) is 2.53. The number of anilines is 1. The number of rotatable bonds is 6. The number of hydrogen-bond donors (Lipinski definition) is 3. The Morgan fingerprint density at radius 2 is 1.69 bits per heavy atom. The summed E-state index contributed by atoms with van der Waals surface area (Å²) >= 11 is 1.43. The van der Waals surface area contributed by atoms with Gasteiger partial charge in [-0.05, 0) is 49.6 Å². The number of carbonyl (C=O) groups excluding carboxylic acids is 2. The highest BCUT2D eigenvalue weighted by Gasteiger charge is 2.19. The molecule has 0 bridgehead atoms. The van der Waals surface area contributed by atoms with Gasteiger partial charge in [0.05, 0.1) is 26.7 Å². The average molecular weight is 473 g/mol. The van der Waals surface area contributed by atoms with Gasteiger partial charge in [0, 0.05) is 0 Å². The van der Waals surface area contributed by atoms with Crippen LogP contribution in [-0.2, 0) is 14.9 Å². The van der Waals surface area contributed by atoms with E-state index in [1.54, 1.807) is 31.2 Å². The molecule has 3 rings (SSSR count). The number of benzene rings is 2. The van der Waals surface area contributed by atoms with Crippen LogP contribution in [0.2, 0.25) is 0 Å². The van der Waals surface area contributed by atoms with Crippen LogP contribution in [0, 0.1) is 6.92 Å². The number of thiophene rings is 1. The van der Waals surface area contributed by atoms with E-state index in [0.717, 1.165) is 10.4 Å². The van der Waals surface area contributed by atoms with E-state index >= 15 is 0 Å². The van der Waals surface area contributed by atoms with Crippen molar-refractivity contribution in [2.45, 2.75) is 18.7 Å². The molecule has 1 heterocycles. The van der Waals surface area contributed by atoms with E-state index in [2.05, 4.69) is 20.7 Å². The third-order valence-corrected chi connectivity index (χ3v) is 6.53. The van der Waals surface area contributed by atoms with E-state index in [-0.39, 0.29) is 16.1 Å². The molecule has 2 aromatic carbocycles. The molecule has 2 amide bonds. The molecule has 0 spiro atoms. The van der Waals surface area contributed by atoms with Gasteiger partial charge in [0.15, 0.2) is 0 Å². The third-order valence-electron chi connectivity index (χ3n) is 4.17. The first-order valence-corrected chi connectivity index (χ1v) is 11.7.